The van der Waals surface area contributed by atoms with E-state index in [1.807, 2.05) is 6.92 Å². The predicted octanol–water partition coefficient (Wildman–Crippen LogP) is 2.25. The quantitative estimate of drug-likeness (QED) is 0.245. The second-order valence-corrected chi connectivity index (χ2v) is 4.53. The number of hydrogen-bond acceptors (Lipinski definition) is 3. The second kappa shape index (κ2) is 8.84. The Morgan fingerprint density at radius 3 is 2.95 bits per heavy atom. The minimum atomic E-state index is -0.318. The highest BCUT2D eigenvalue weighted by Gasteiger charge is 2.02. The maximum absolute atomic E-state index is 13.1. The van der Waals surface area contributed by atoms with Crippen molar-refractivity contribution in [2.45, 2.75) is 13.3 Å². The smallest absolute Gasteiger partial charge is 0.210 e. The molecule has 5 nitrogen and oxygen atoms in total. The zero-order valence-corrected chi connectivity index (χ0v) is 12.3. The Labute approximate surface area is 120 Å². The summed E-state index contributed by atoms with van der Waals surface area (Å²) in [6.07, 6.45) is 0.813. The van der Waals surface area contributed by atoms with Gasteiger partial charge in [0.25, 0.3) is 0 Å². The summed E-state index contributed by atoms with van der Waals surface area (Å²) in [5.41, 5.74) is 3.15. The molecule has 0 heterocycles. The van der Waals surface area contributed by atoms with Crippen molar-refractivity contribution in [1.29, 1.82) is 0 Å². The van der Waals surface area contributed by atoms with Gasteiger partial charge < -0.3 is 10.1 Å². The summed E-state index contributed by atoms with van der Waals surface area (Å²) in [5, 5.41) is 2.96. The maximum atomic E-state index is 13.1. The molecule has 0 unspecified atom stereocenters. The molecule has 0 atom stereocenters. The number of nitrogens with one attached hydrogen (secondary N) is 2. The average molecular weight is 333 g/mol. The summed E-state index contributed by atoms with van der Waals surface area (Å²) < 4.78 is 18.7. The van der Waals surface area contributed by atoms with E-state index in [4.69, 9.17) is 10.6 Å². The van der Waals surface area contributed by atoms with Crippen molar-refractivity contribution in [1.82, 2.24) is 5.43 Å². The van der Waals surface area contributed by atoms with Crippen LogP contribution in [0, 0.1) is 5.82 Å². The third-order valence-corrected chi connectivity index (χ3v) is 2.85. The Hall–Kier alpha value is -1.18. The van der Waals surface area contributed by atoms with Crippen molar-refractivity contribution in [3.8, 4) is 0 Å². The first-order valence-electron chi connectivity index (χ1n) is 5.98. The minimum Gasteiger partial charge on any atom is -0.382 e. The van der Waals surface area contributed by atoms with E-state index < -0.39 is 0 Å². The molecule has 0 radical (unpaired) electrons. The molecule has 0 bridgehead atoms. The average Bonchev–Trinajstić information content (AvgIpc) is 2.41. The van der Waals surface area contributed by atoms with Gasteiger partial charge in [0.2, 0.25) is 5.96 Å². The van der Waals surface area contributed by atoms with Crippen LogP contribution in [0.3, 0.4) is 0 Å². The van der Waals surface area contributed by atoms with Gasteiger partial charge in [-0.3, -0.25) is 10.4 Å². The van der Waals surface area contributed by atoms with Gasteiger partial charge in [-0.15, -0.1) is 0 Å². The van der Waals surface area contributed by atoms with E-state index in [-0.39, 0.29) is 5.82 Å². The lowest BCUT2D eigenvalue weighted by Crippen LogP contribution is -2.36. The number of benzene rings is 1. The molecule has 0 aromatic heterocycles. The largest absolute Gasteiger partial charge is 0.382 e. The molecule has 7 heteroatoms. The fourth-order valence-corrected chi connectivity index (χ4v) is 1.71. The standard InChI is InChI=1S/C12H18BrFN4O/c1-2-19-7-3-6-16-12(18-15)17-9-4-5-11(14)10(13)8-9/h4-5,8H,2-3,6-7,15H2,1H3,(H2,16,17,18). The van der Waals surface area contributed by atoms with Crippen LogP contribution in [0.2, 0.25) is 0 Å². The number of hydrogen-bond donors (Lipinski definition) is 3. The van der Waals surface area contributed by atoms with Crippen molar-refractivity contribution in [3.63, 3.8) is 0 Å². The molecule has 19 heavy (non-hydrogen) atoms. The molecule has 1 aromatic rings. The van der Waals surface area contributed by atoms with E-state index >= 15 is 0 Å². The third kappa shape index (κ3) is 6.00. The summed E-state index contributed by atoms with van der Waals surface area (Å²) >= 11 is 3.12. The van der Waals surface area contributed by atoms with Gasteiger partial charge in [0.1, 0.15) is 5.82 Å². The summed E-state index contributed by atoms with van der Waals surface area (Å²) in [5.74, 6) is 5.48. The van der Waals surface area contributed by atoms with Crippen LogP contribution < -0.4 is 16.6 Å². The van der Waals surface area contributed by atoms with Gasteiger partial charge in [0.05, 0.1) is 4.47 Å². The van der Waals surface area contributed by atoms with E-state index in [2.05, 4.69) is 31.7 Å². The molecule has 0 aliphatic carbocycles. The molecule has 106 valence electrons. The van der Waals surface area contributed by atoms with Crippen LogP contribution >= 0.6 is 15.9 Å². The molecule has 0 amide bonds. The molecule has 1 aromatic carbocycles. The molecule has 0 spiro atoms. The van der Waals surface area contributed by atoms with Gasteiger partial charge in [0.15, 0.2) is 0 Å². The Kier molecular flexibility index (Phi) is 7.39. The van der Waals surface area contributed by atoms with Crippen LogP contribution in [0.4, 0.5) is 10.1 Å². The van der Waals surface area contributed by atoms with Crippen LogP contribution in [0.25, 0.3) is 0 Å². The first kappa shape index (κ1) is 15.9. The zero-order valence-electron chi connectivity index (χ0n) is 10.7. The van der Waals surface area contributed by atoms with E-state index in [9.17, 15) is 4.39 Å². The van der Waals surface area contributed by atoms with Crippen LogP contribution in [0.15, 0.2) is 27.7 Å². The van der Waals surface area contributed by atoms with Crippen LogP contribution in [0.1, 0.15) is 13.3 Å². The Morgan fingerprint density at radius 1 is 1.53 bits per heavy atom. The molecule has 0 saturated heterocycles. The number of aliphatic imine (C=N–C) groups is 1. The fraction of sp³-hybridized carbons (Fsp3) is 0.417. The second-order valence-electron chi connectivity index (χ2n) is 3.68. The number of halogens is 2. The summed E-state index contributed by atoms with van der Waals surface area (Å²) in [6, 6.07) is 4.57. The first-order chi connectivity index (χ1) is 9.17. The number of ether oxygens (including phenoxy) is 1. The van der Waals surface area contributed by atoms with Gasteiger partial charge in [-0.1, -0.05) is 0 Å². The van der Waals surface area contributed by atoms with Gasteiger partial charge in [-0.05, 0) is 47.5 Å². The summed E-state index contributed by atoms with van der Waals surface area (Å²) in [4.78, 5) is 4.24. The Balaban J connectivity index is 2.50. The minimum absolute atomic E-state index is 0.318. The van der Waals surface area contributed by atoms with Crippen molar-refractivity contribution in [3.05, 3.63) is 28.5 Å². The highest BCUT2D eigenvalue weighted by Crippen LogP contribution is 2.19. The lowest BCUT2D eigenvalue weighted by atomic mass is 10.3. The Bertz CT molecular complexity index is 428. The summed E-state index contributed by atoms with van der Waals surface area (Å²) in [7, 11) is 0. The highest BCUT2D eigenvalue weighted by atomic mass is 79.9. The number of guanidine groups is 1. The lowest BCUT2D eigenvalue weighted by Gasteiger charge is -2.09. The van der Waals surface area contributed by atoms with E-state index in [0.717, 1.165) is 6.42 Å². The van der Waals surface area contributed by atoms with E-state index in [1.54, 1.807) is 12.1 Å². The van der Waals surface area contributed by atoms with E-state index in [1.165, 1.54) is 6.07 Å². The molecule has 4 N–H and O–H groups in total. The SMILES string of the molecule is CCOCCCN=C(NN)Nc1ccc(F)c(Br)c1. The summed E-state index contributed by atoms with van der Waals surface area (Å²) in [6.45, 7) is 3.91. The lowest BCUT2D eigenvalue weighted by molar-refractivity contribution is 0.146. The molecular formula is C12H18BrFN4O. The highest BCUT2D eigenvalue weighted by molar-refractivity contribution is 9.10. The van der Waals surface area contributed by atoms with Crippen molar-refractivity contribution >= 4 is 27.6 Å². The molecule has 1 rings (SSSR count). The first-order valence-corrected chi connectivity index (χ1v) is 6.77. The normalized spacial score (nSPS) is 11.5. The number of nitrogens with zero attached hydrogens (tertiary/aromatic N) is 1. The zero-order chi connectivity index (χ0) is 14.1. The maximum Gasteiger partial charge on any atom is 0.210 e. The number of nitrogens with two attached hydrogens (primary N) is 1. The van der Waals surface area contributed by atoms with Gasteiger partial charge >= 0.3 is 0 Å². The molecule has 0 fully saturated rings. The van der Waals surface area contributed by atoms with Crippen molar-refractivity contribution in [2.75, 3.05) is 25.1 Å². The number of rotatable bonds is 6. The van der Waals surface area contributed by atoms with Crippen LogP contribution in [-0.4, -0.2) is 25.7 Å². The number of anilines is 1. The Morgan fingerprint density at radius 2 is 2.32 bits per heavy atom. The number of hydrazine groups is 1. The fourth-order valence-electron chi connectivity index (χ4n) is 1.33. The van der Waals surface area contributed by atoms with E-state index in [0.29, 0.717) is 35.9 Å². The van der Waals surface area contributed by atoms with Crippen molar-refractivity contribution < 1.29 is 9.13 Å². The van der Waals surface area contributed by atoms with Gasteiger partial charge in [0, 0.05) is 25.4 Å². The van der Waals surface area contributed by atoms with Crippen molar-refractivity contribution in [2.24, 2.45) is 10.8 Å². The van der Waals surface area contributed by atoms with Crippen LogP contribution in [0.5, 0.6) is 0 Å². The van der Waals surface area contributed by atoms with Gasteiger partial charge in [-0.2, -0.15) is 0 Å². The molecule has 0 aliphatic rings. The van der Waals surface area contributed by atoms with Gasteiger partial charge in [-0.25, -0.2) is 10.2 Å². The third-order valence-electron chi connectivity index (χ3n) is 2.24. The monoisotopic (exact) mass is 332 g/mol. The topological polar surface area (TPSA) is 71.7 Å². The van der Waals surface area contributed by atoms with Crippen LogP contribution in [-0.2, 0) is 4.74 Å². The molecular weight excluding hydrogens is 315 g/mol. The predicted molar refractivity (Wildman–Crippen MR) is 78.5 cm³/mol. The molecule has 0 aliphatic heterocycles. The molecule has 0 saturated carbocycles.